The van der Waals surface area contributed by atoms with Gasteiger partial charge in [0.2, 0.25) is 6.33 Å². The Morgan fingerprint density at radius 1 is 0.682 bits per heavy atom. The van der Waals surface area contributed by atoms with Gasteiger partial charge in [0.25, 0.3) is 0 Å². The molecule has 10 nitrogen and oxygen atoms in total. The molecule has 0 bridgehead atoms. The summed E-state index contributed by atoms with van der Waals surface area (Å²) < 4.78 is 31.0. The SMILES string of the molecule is C=CC(=O)OCCCCOc1ccc(C(=O)Oc2ccc(OC(=O)c3ccc(OCC[n+]4ccn(C=C)c4)cc3)cc2)cc1. The maximum atomic E-state index is 12.6. The van der Waals surface area contributed by atoms with Crippen molar-refractivity contribution in [2.24, 2.45) is 0 Å². The molecular formula is C34H33N2O8+. The van der Waals surface area contributed by atoms with Crippen molar-refractivity contribution in [3.63, 3.8) is 0 Å². The molecule has 0 saturated carbocycles. The van der Waals surface area contributed by atoms with E-state index >= 15 is 0 Å². The molecule has 10 heteroatoms. The van der Waals surface area contributed by atoms with E-state index in [-0.39, 0.29) is 0 Å². The lowest BCUT2D eigenvalue weighted by Gasteiger charge is -2.09. The van der Waals surface area contributed by atoms with Crippen LogP contribution in [0.1, 0.15) is 33.6 Å². The van der Waals surface area contributed by atoms with E-state index in [0.717, 1.165) is 6.08 Å². The highest BCUT2D eigenvalue weighted by Crippen LogP contribution is 2.21. The Kier molecular flexibility index (Phi) is 11.5. The van der Waals surface area contributed by atoms with Crippen LogP contribution in [0.5, 0.6) is 23.0 Å². The molecule has 226 valence electrons. The van der Waals surface area contributed by atoms with Gasteiger partial charge in [-0.05, 0) is 85.6 Å². The molecular weight excluding hydrogens is 564 g/mol. The Hall–Kier alpha value is -5.64. The zero-order valence-corrected chi connectivity index (χ0v) is 24.1. The summed E-state index contributed by atoms with van der Waals surface area (Å²) in [6.45, 7) is 8.93. The third kappa shape index (κ3) is 9.73. The van der Waals surface area contributed by atoms with Gasteiger partial charge < -0.3 is 23.7 Å². The second kappa shape index (κ2) is 16.1. The Morgan fingerprint density at radius 3 is 1.68 bits per heavy atom. The van der Waals surface area contributed by atoms with Gasteiger partial charge in [-0.2, -0.15) is 0 Å². The summed E-state index contributed by atoms with van der Waals surface area (Å²) in [4.78, 5) is 36.1. The lowest BCUT2D eigenvalue weighted by Crippen LogP contribution is -2.34. The van der Waals surface area contributed by atoms with Gasteiger partial charge in [-0.15, -0.1) is 0 Å². The molecule has 1 aromatic heterocycles. The summed E-state index contributed by atoms with van der Waals surface area (Å²) in [5, 5.41) is 0. The second-order valence-electron chi connectivity index (χ2n) is 9.36. The van der Waals surface area contributed by atoms with Gasteiger partial charge in [0.1, 0.15) is 48.5 Å². The van der Waals surface area contributed by atoms with E-state index in [9.17, 15) is 14.4 Å². The molecule has 44 heavy (non-hydrogen) atoms. The summed E-state index contributed by atoms with van der Waals surface area (Å²) >= 11 is 0. The first-order valence-electron chi connectivity index (χ1n) is 13.9. The van der Waals surface area contributed by atoms with Crippen LogP contribution in [0.2, 0.25) is 0 Å². The molecule has 0 fully saturated rings. The lowest BCUT2D eigenvalue weighted by molar-refractivity contribution is -0.696. The number of imidazole rings is 1. The van der Waals surface area contributed by atoms with Gasteiger partial charge in [0.15, 0.2) is 0 Å². The first kappa shape index (κ1) is 31.3. The third-order valence-electron chi connectivity index (χ3n) is 6.18. The standard InChI is InChI=1S/C34H33N2O8/c1-3-32(37)42-23-6-5-22-40-28-11-7-26(8-12-28)33(38)43-30-15-17-31(18-16-30)44-34(39)27-9-13-29(14-10-27)41-24-21-36-20-19-35(4-2)25-36/h3-4,7-20,25H,1-2,5-6,21-24H2/q+1. The number of nitrogens with zero attached hydrogens (tertiary/aromatic N) is 2. The highest BCUT2D eigenvalue weighted by molar-refractivity contribution is 5.92. The number of esters is 3. The van der Waals surface area contributed by atoms with E-state index < -0.39 is 17.9 Å². The molecule has 0 saturated heterocycles. The van der Waals surface area contributed by atoms with E-state index in [4.69, 9.17) is 23.7 Å². The largest absolute Gasteiger partial charge is 0.494 e. The second-order valence-corrected chi connectivity index (χ2v) is 9.36. The van der Waals surface area contributed by atoms with E-state index in [1.165, 1.54) is 0 Å². The number of carbonyl (C=O) groups is 3. The molecule has 0 aliphatic heterocycles. The zero-order valence-electron chi connectivity index (χ0n) is 24.1. The molecule has 0 atom stereocenters. The summed E-state index contributed by atoms with van der Waals surface area (Å²) in [5.74, 6) is 0.334. The maximum absolute atomic E-state index is 12.6. The van der Waals surface area contributed by atoms with Gasteiger partial charge in [-0.3, -0.25) is 0 Å². The van der Waals surface area contributed by atoms with Gasteiger partial charge in [-0.25, -0.2) is 23.5 Å². The van der Waals surface area contributed by atoms with Crippen molar-refractivity contribution in [2.45, 2.75) is 19.4 Å². The van der Waals surface area contributed by atoms with Crippen LogP contribution in [0.3, 0.4) is 0 Å². The van der Waals surface area contributed by atoms with Crippen LogP contribution < -0.4 is 23.5 Å². The quantitative estimate of drug-likeness (QED) is 0.0565. The molecule has 0 N–H and O–H groups in total. The molecule has 1 heterocycles. The average molecular weight is 598 g/mol. The first-order valence-corrected chi connectivity index (χ1v) is 13.9. The number of aromatic nitrogens is 2. The van der Waals surface area contributed by atoms with Crippen LogP contribution in [-0.4, -0.2) is 42.3 Å². The van der Waals surface area contributed by atoms with Crippen molar-refractivity contribution in [1.82, 2.24) is 4.57 Å². The van der Waals surface area contributed by atoms with Crippen LogP contribution in [0, 0.1) is 0 Å². The molecule has 4 rings (SSSR count). The summed E-state index contributed by atoms with van der Waals surface area (Å²) in [7, 11) is 0. The Balaban J connectivity index is 1.17. The highest BCUT2D eigenvalue weighted by Gasteiger charge is 2.12. The molecule has 0 amide bonds. The minimum Gasteiger partial charge on any atom is -0.494 e. The molecule has 0 radical (unpaired) electrons. The summed E-state index contributed by atoms with van der Waals surface area (Å²) in [5.41, 5.74) is 0.717. The third-order valence-corrected chi connectivity index (χ3v) is 6.18. The molecule has 0 spiro atoms. The first-order chi connectivity index (χ1) is 21.4. The van der Waals surface area contributed by atoms with Gasteiger partial charge >= 0.3 is 17.9 Å². The molecule has 0 aliphatic carbocycles. The number of hydrogen-bond donors (Lipinski definition) is 0. The van der Waals surface area contributed by atoms with Crippen molar-refractivity contribution < 1.29 is 42.6 Å². The summed E-state index contributed by atoms with van der Waals surface area (Å²) in [6, 6.07) is 19.4. The number of ether oxygens (including phenoxy) is 5. The van der Waals surface area contributed by atoms with Gasteiger partial charge in [0, 0.05) is 6.08 Å². The molecule has 4 aromatic rings. The fraction of sp³-hybridized carbons (Fsp3) is 0.176. The number of hydrogen-bond acceptors (Lipinski definition) is 8. The van der Waals surface area contributed by atoms with Gasteiger partial charge in [-0.1, -0.05) is 13.2 Å². The fourth-order valence-electron chi connectivity index (χ4n) is 3.83. The highest BCUT2D eigenvalue weighted by atomic mass is 16.5. The minimum atomic E-state index is -0.540. The van der Waals surface area contributed by atoms with Crippen molar-refractivity contribution in [3.05, 3.63) is 122 Å². The normalized spacial score (nSPS) is 10.4. The van der Waals surface area contributed by atoms with Crippen LogP contribution in [0.4, 0.5) is 0 Å². The van der Waals surface area contributed by atoms with Gasteiger partial charge in [0.05, 0.1) is 30.5 Å². The lowest BCUT2D eigenvalue weighted by atomic mass is 10.2. The predicted octanol–water partition coefficient (Wildman–Crippen LogP) is 5.28. The van der Waals surface area contributed by atoms with E-state index in [1.54, 1.807) is 79.0 Å². The van der Waals surface area contributed by atoms with Crippen LogP contribution in [0.25, 0.3) is 6.20 Å². The van der Waals surface area contributed by atoms with Crippen LogP contribution in [-0.2, 0) is 16.1 Å². The monoisotopic (exact) mass is 597 g/mol. The topological polar surface area (TPSA) is 106 Å². The summed E-state index contributed by atoms with van der Waals surface area (Å²) in [6.07, 6.45) is 9.92. The maximum Gasteiger partial charge on any atom is 0.343 e. The Bertz CT molecular complexity index is 1560. The number of rotatable bonds is 16. The number of benzene rings is 3. The number of carbonyl (C=O) groups excluding carboxylic acids is 3. The predicted molar refractivity (Wildman–Crippen MR) is 162 cm³/mol. The van der Waals surface area contributed by atoms with Crippen LogP contribution in [0.15, 0.2) is 111 Å². The Labute approximate surface area is 255 Å². The van der Waals surface area contributed by atoms with Crippen molar-refractivity contribution >= 4 is 24.1 Å². The van der Waals surface area contributed by atoms with E-state index in [1.807, 2.05) is 27.9 Å². The number of unbranched alkanes of at least 4 members (excludes halogenated alkanes) is 1. The molecule has 0 unspecified atom stereocenters. The van der Waals surface area contributed by atoms with Crippen molar-refractivity contribution in [2.75, 3.05) is 19.8 Å². The Morgan fingerprint density at radius 2 is 1.18 bits per heavy atom. The fourth-order valence-corrected chi connectivity index (χ4v) is 3.83. The average Bonchev–Trinajstić information content (AvgIpc) is 3.52. The van der Waals surface area contributed by atoms with Crippen LogP contribution >= 0.6 is 0 Å². The molecule has 3 aromatic carbocycles. The zero-order chi connectivity index (χ0) is 31.1. The minimum absolute atomic E-state index is 0.299. The van der Waals surface area contributed by atoms with Crippen molar-refractivity contribution in [3.8, 4) is 23.0 Å². The van der Waals surface area contributed by atoms with Crippen molar-refractivity contribution in [1.29, 1.82) is 0 Å². The molecule has 0 aliphatic rings. The smallest absolute Gasteiger partial charge is 0.343 e. The van der Waals surface area contributed by atoms with E-state index in [0.29, 0.717) is 73.3 Å². The van der Waals surface area contributed by atoms with E-state index in [2.05, 4.69) is 13.2 Å².